The first-order valence-corrected chi connectivity index (χ1v) is 6.92. The number of nitrogens with two attached hydrogens (primary N) is 1. The Hall–Kier alpha value is -2.18. The second-order valence-corrected chi connectivity index (χ2v) is 5.23. The van der Waals surface area contributed by atoms with Gasteiger partial charge in [0.15, 0.2) is 0 Å². The van der Waals surface area contributed by atoms with Crippen molar-refractivity contribution in [1.29, 1.82) is 0 Å². The molecule has 0 aliphatic rings. The van der Waals surface area contributed by atoms with Crippen LogP contribution < -0.4 is 11.1 Å². The number of halogens is 1. The molecule has 1 amide bonds. The number of carbonyl (C=O) groups is 2. The molecule has 0 radical (unpaired) electrons. The normalized spacial score (nSPS) is 11.7. The summed E-state index contributed by atoms with van der Waals surface area (Å²) in [6, 6.07) is 12.6. The van der Waals surface area contributed by atoms with E-state index >= 15 is 0 Å². The number of aromatic carboxylic acids is 1. The van der Waals surface area contributed by atoms with E-state index in [1.165, 1.54) is 18.2 Å². The highest BCUT2D eigenvalue weighted by atomic mass is 79.9. The van der Waals surface area contributed by atoms with Crippen molar-refractivity contribution in [1.82, 2.24) is 0 Å². The summed E-state index contributed by atoms with van der Waals surface area (Å²) in [7, 11) is 0. The largest absolute Gasteiger partial charge is 0.478 e. The molecule has 0 aromatic heterocycles. The van der Waals surface area contributed by atoms with Crippen molar-refractivity contribution < 1.29 is 14.7 Å². The van der Waals surface area contributed by atoms with Gasteiger partial charge in [0.25, 0.3) is 0 Å². The van der Waals surface area contributed by atoms with Gasteiger partial charge in [0.1, 0.15) is 6.04 Å². The maximum atomic E-state index is 12.1. The summed E-state index contributed by atoms with van der Waals surface area (Å²) in [6.45, 7) is 0. The smallest absolute Gasteiger partial charge is 0.335 e. The number of hydrogen-bond donors (Lipinski definition) is 3. The number of amides is 1. The average Bonchev–Trinajstić information content (AvgIpc) is 2.49. The lowest BCUT2D eigenvalue weighted by Crippen LogP contribution is -2.27. The molecule has 6 heteroatoms. The van der Waals surface area contributed by atoms with Gasteiger partial charge in [-0.1, -0.05) is 30.3 Å². The lowest BCUT2D eigenvalue weighted by molar-refractivity contribution is -0.117. The number of nitrogens with one attached hydrogen (secondary N) is 1. The molecule has 5 nitrogen and oxygen atoms in total. The molecule has 0 spiro atoms. The Kier molecular flexibility index (Phi) is 4.72. The van der Waals surface area contributed by atoms with E-state index in [9.17, 15) is 9.59 Å². The molecule has 2 rings (SSSR count). The van der Waals surface area contributed by atoms with Crippen LogP contribution in [0.25, 0.3) is 0 Å². The number of benzene rings is 2. The first kappa shape index (κ1) is 15.2. The Labute approximate surface area is 129 Å². The van der Waals surface area contributed by atoms with Gasteiger partial charge in [-0.15, -0.1) is 0 Å². The number of carbonyl (C=O) groups excluding carboxylic acids is 1. The zero-order valence-corrected chi connectivity index (χ0v) is 12.5. The highest BCUT2D eigenvalue weighted by molar-refractivity contribution is 9.10. The molecule has 0 fully saturated rings. The number of rotatable bonds is 4. The molecule has 0 saturated carbocycles. The fourth-order valence-corrected chi connectivity index (χ4v) is 2.25. The van der Waals surface area contributed by atoms with Gasteiger partial charge in [0.2, 0.25) is 5.91 Å². The summed E-state index contributed by atoms with van der Waals surface area (Å²) in [5.41, 5.74) is 7.20. The molecular weight excluding hydrogens is 336 g/mol. The van der Waals surface area contributed by atoms with E-state index in [2.05, 4.69) is 21.2 Å². The maximum absolute atomic E-state index is 12.1. The van der Waals surface area contributed by atoms with Gasteiger partial charge in [-0.05, 0) is 39.7 Å². The molecule has 0 aliphatic carbocycles. The maximum Gasteiger partial charge on any atom is 0.335 e. The van der Waals surface area contributed by atoms with Gasteiger partial charge in [-0.25, -0.2) is 4.79 Å². The van der Waals surface area contributed by atoms with Crippen LogP contribution in [0.2, 0.25) is 0 Å². The van der Waals surface area contributed by atoms with Crippen LogP contribution in [0.1, 0.15) is 22.0 Å². The van der Waals surface area contributed by atoms with Gasteiger partial charge in [0, 0.05) is 4.47 Å². The summed E-state index contributed by atoms with van der Waals surface area (Å²) < 4.78 is 0.482. The molecular formula is C15H13BrN2O3. The lowest BCUT2D eigenvalue weighted by atomic mass is 10.1. The third kappa shape index (κ3) is 3.68. The van der Waals surface area contributed by atoms with Gasteiger partial charge in [-0.3, -0.25) is 4.79 Å². The van der Waals surface area contributed by atoms with Gasteiger partial charge >= 0.3 is 5.97 Å². The SMILES string of the molecule is N[C@@H](C(=O)Nc1ccc(C(=O)O)cc1Br)c1ccccc1. The fourth-order valence-electron chi connectivity index (χ4n) is 1.77. The third-order valence-corrected chi connectivity index (χ3v) is 3.57. The average molecular weight is 349 g/mol. The van der Waals surface area contributed by atoms with Crippen LogP contribution in [-0.2, 0) is 4.79 Å². The zero-order chi connectivity index (χ0) is 15.4. The Balaban J connectivity index is 2.15. The Morgan fingerprint density at radius 3 is 2.38 bits per heavy atom. The predicted octanol–water partition coefficient (Wildman–Crippen LogP) is 2.79. The molecule has 0 unspecified atom stereocenters. The predicted molar refractivity (Wildman–Crippen MR) is 83.1 cm³/mol. The summed E-state index contributed by atoms with van der Waals surface area (Å²) in [4.78, 5) is 23.0. The molecule has 1 atom stereocenters. The number of anilines is 1. The van der Waals surface area contributed by atoms with E-state index in [1.54, 1.807) is 24.3 Å². The molecule has 0 saturated heterocycles. The highest BCUT2D eigenvalue weighted by Crippen LogP contribution is 2.24. The van der Waals surface area contributed by atoms with E-state index in [0.29, 0.717) is 15.7 Å². The van der Waals surface area contributed by atoms with E-state index in [1.807, 2.05) is 6.07 Å². The molecule has 2 aromatic rings. The number of hydrogen-bond acceptors (Lipinski definition) is 3. The van der Waals surface area contributed by atoms with Crippen molar-refractivity contribution >= 4 is 33.5 Å². The van der Waals surface area contributed by atoms with Crippen molar-refractivity contribution in [3.8, 4) is 0 Å². The first-order valence-electron chi connectivity index (χ1n) is 6.13. The standard InChI is InChI=1S/C15H13BrN2O3/c16-11-8-10(15(20)21)6-7-12(11)18-14(19)13(17)9-4-2-1-3-5-9/h1-8,13H,17H2,(H,18,19)(H,20,21)/t13-/m1/s1. The number of carboxylic acids is 1. The Morgan fingerprint density at radius 2 is 1.81 bits per heavy atom. The molecule has 0 bridgehead atoms. The van der Waals surface area contributed by atoms with Gasteiger partial charge in [0.05, 0.1) is 11.3 Å². The van der Waals surface area contributed by atoms with E-state index in [4.69, 9.17) is 10.8 Å². The molecule has 2 aromatic carbocycles. The van der Waals surface area contributed by atoms with Crippen molar-refractivity contribution in [3.63, 3.8) is 0 Å². The summed E-state index contributed by atoms with van der Waals surface area (Å²) in [5, 5.41) is 11.6. The minimum atomic E-state index is -1.03. The monoisotopic (exact) mass is 348 g/mol. The van der Waals surface area contributed by atoms with Crippen LogP contribution in [-0.4, -0.2) is 17.0 Å². The van der Waals surface area contributed by atoms with E-state index in [0.717, 1.165) is 0 Å². The van der Waals surface area contributed by atoms with Crippen LogP contribution in [0.5, 0.6) is 0 Å². The van der Waals surface area contributed by atoms with Crippen LogP contribution in [0.15, 0.2) is 53.0 Å². The van der Waals surface area contributed by atoms with Crippen molar-refractivity contribution in [2.75, 3.05) is 5.32 Å². The van der Waals surface area contributed by atoms with Crippen LogP contribution >= 0.6 is 15.9 Å². The van der Waals surface area contributed by atoms with Crippen LogP contribution in [0, 0.1) is 0 Å². The van der Waals surface area contributed by atoms with Crippen LogP contribution in [0.3, 0.4) is 0 Å². The van der Waals surface area contributed by atoms with E-state index in [-0.39, 0.29) is 11.5 Å². The van der Waals surface area contributed by atoms with E-state index < -0.39 is 12.0 Å². The second kappa shape index (κ2) is 6.51. The van der Waals surface area contributed by atoms with Crippen molar-refractivity contribution in [2.24, 2.45) is 5.73 Å². The summed E-state index contributed by atoms with van der Waals surface area (Å²) >= 11 is 3.23. The Bertz CT molecular complexity index is 674. The highest BCUT2D eigenvalue weighted by Gasteiger charge is 2.17. The number of carboxylic acid groups (broad SMARTS) is 1. The summed E-state index contributed by atoms with van der Waals surface area (Å²) in [6.07, 6.45) is 0. The topological polar surface area (TPSA) is 92.4 Å². The van der Waals surface area contributed by atoms with Gasteiger partial charge in [-0.2, -0.15) is 0 Å². The van der Waals surface area contributed by atoms with Crippen LogP contribution in [0.4, 0.5) is 5.69 Å². The Morgan fingerprint density at radius 1 is 1.14 bits per heavy atom. The zero-order valence-electron chi connectivity index (χ0n) is 10.9. The second-order valence-electron chi connectivity index (χ2n) is 4.38. The first-order chi connectivity index (χ1) is 9.99. The molecule has 0 heterocycles. The van der Waals surface area contributed by atoms with Crippen molar-refractivity contribution in [3.05, 3.63) is 64.1 Å². The third-order valence-electron chi connectivity index (χ3n) is 2.92. The molecule has 4 N–H and O–H groups in total. The summed E-state index contributed by atoms with van der Waals surface area (Å²) in [5.74, 6) is -1.40. The van der Waals surface area contributed by atoms with Crippen molar-refractivity contribution in [2.45, 2.75) is 6.04 Å². The lowest BCUT2D eigenvalue weighted by Gasteiger charge is -2.13. The molecule has 21 heavy (non-hydrogen) atoms. The molecule has 108 valence electrons. The van der Waals surface area contributed by atoms with Gasteiger partial charge < -0.3 is 16.2 Å². The minimum Gasteiger partial charge on any atom is -0.478 e. The minimum absolute atomic E-state index is 0.132. The quantitative estimate of drug-likeness (QED) is 0.791. The molecule has 0 aliphatic heterocycles. The fraction of sp³-hybridized carbons (Fsp3) is 0.0667.